The molecule has 7 heteroatoms. The van der Waals surface area contributed by atoms with Gasteiger partial charge in [0.25, 0.3) is 0 Å². The second-order valence-electron chi connectivity index (χ2n) is 7.19. The van der Waals surface area contributed by atoms with Crippen LogP contribution in [0.1, 0.15) is 26.7 Å². The van der Waals surface area contributed by atoms with Crippen molar-refractivity contribution in [2.75, 3.05) is 18.0 Å². The first-order valence-corrected chi connectivity index (χ1v) is 10.1. The smallest absolute Gasteiger partial charge is 0.183 e. The maximum atomic E-state index is 13.5. The molecule has 1 aliphatic rings. The molecule has 0 unspecified atom stereocenters. The van der Waals surface area contributed by atoms with E-state index in [0.717, 1.165) is 12.3 Å². The molecule has 2 aromatic rings. The van der Waals surface area contributed by atoms with Gasteiger partial charge in [0.05, 0.1) is 27.7 Å². The molecule has 140 valence electrons. The monoisotopic (exact) mass is 380 g/mol. The third kappa shape index (κ3) is 3.45. The molecule has 0 atom stereocenters. The van der Waals surface area contributed by atoms with Crippen molar-refractivity contribution in [1.29, 1.82) is 0 Å². The molecule has 4 nitrogen and oxygen atoms in total. The predicted molar refractivity (Wildman–Crippen MR) is 96.8 cm³/mol. The molecule has 0 amide bonds. The Hall–Kier alpha value is -2.02. The highest BCUT2D eigenvalue weighted by atomic mass is 32.2. The van der Waals surface area contributed by atoms with Crippen molar-refractivity contribution < 1.29 is 17.2 Å². The molecule has 0 spiro atoms. The molecule has 1 aliphatic heterocycles. The number of aromatic nitrogens is 1. The van der Waals surface area contributed by atoms with E-state index in [1.165, 1.54) is 24.3 Å². The zero-order valence-electron chi connectivity index (χ0n) is 14.8. The Morgan fingerprint density at radius 2 is 1.77 bits per heavy atom. The van der Waals surface area contributed by atoms with E-state index < -0.39 is 26.2 Å². The fourth-order valence-corrected chi connectivity index (χ4v) is 5.37. The summed E-state index contributed by atoms with van der Waals surface area (Å²) >= 11 is 0. The molecule has 1 saturated heterocycles. The van der Waals surface area contributed by atoms with Crippen LogP contribution in [0.3, 0.4) is 0 Å². The van der Waals surface area contributed by atoms with E-state index in [0.29, 0.717) is 31.6 Å². The van der Waals surface area contributed by atoms with Gasteiger partial charge in [0.1, 0.15) is 11.6 Å². The first kappa shape index (κ1) is 18.8. The molecule has 1 aromatic heterocycles. The van der Waals surface area contributed by atoms with Crippen LogP contribution in [0.15, 0.2) is 47.6 Å². The molecule has 0 saturated carbocycles. The van der Waals surface area contributed by atoms with Crippen molar-refractivity contribution in [1.82, 2.24) is 4.98 Å². The standard InChI is InChI=1S/C19H22F2N2O2S/c1-19(2,26(24,25)18-5-3-4-15(20)11-18)14-6-8-23(9-7-14)17-10-16(21)12-22-13-17/h3-5,10-14H,6-9H2,1-2H3. The average Bonchev–Trinajstić information content (AvgIpc) is 2.61. The second kappa shape index (κ2) is 6.95. The van der Waals surface area contributed by atoms with Gasteiger partial charge >= 0.3 is 0 Å². The summed E-state index contributed by atoms with van der Waals surface area (Å²) in [7, 11) is -3.68. The van der Waals surface area contributed by atoms with Crippen LogP contribution < -0.4 is 4.90 Å². The van der Waals surface area contributed by atoms with Crippen LogP contribution in [0.5, 0.6) is 0 Å². The minimum atomic E-state index is -3.68. The van der Waals surface area contributed by atoms with Crippen LogP contribution in [-0.4, -0.2) is 31.2 Å². The molecule has 26 heavy (non-hydrogen) atoms. The number of piperidine rings is 1. The number of sulfone groups is 1. The van der Waals surface area contributed by atoms with Crippen LogP contribution in [0.2, 0.25) is 0 Å². The summed E-state index contributed by atoms with van der Waals surface area (Å²) in [4.78, 5) is 5.89. The maximum Gasteiger partial charge on any atom is 0.183 e. The number of benzene rings is 1. The number of halogens is 2. The third-order valence-corrected chi connectivity index (χ3v) is 7.93. The first-order valence-electron chi connectivity index (χ1n) is 8.57. The summed E-state index contributed by atoms with van der Waals surface area (Å²) in [6.45, 7) is 4.66. The highest BCUT2D eigenvalue weighted by molar-refractivity contribution is 7.92. The molecule has 1 fully saturated rings. The van der Waals surface area contributed by atoms with Crippen LogP contribution in [0, 0.1) is 17.6 Å². The van der Waals surface area contributed by atoms with E-state index in [9.17, 15) is 17.2 Å². The van der Waals surface area contributed by atoms with Gasteiger partial charge < -0.3 is 4.90 Å². The minimum Gasteiger partial charge on any atom is -0.370 e. The Morgan fingerprint density at radius 3 is 2.38 bits per heavy atom. The Balaban J connectivity index is 1.77. The third-order valence-electron chi connectivity index (χ3n) is 5.33. The highest BCUT2D eigenvalue weighted by Crippen LogP contribution is 2.38. The van der Waals surface area contributed by atoms with E-state index in [1.54, 1.807) is 20.0 Å². The van der Waals surface area contributed by atoms with Gasteiger partial charge in [-0.1, -0.05) is 6.07 Å². The predicted octanol–water partition coefficient (Wildman–Crippen LogP) is 3.83. The van der Waals surface area contributed by atoms with Gasteiger partial charge in [0, 0.05) is 19.2 Å². The van der Waals surface area contributed by atoms with E-state index >= 15 is 0 Å². The normalized spacial score (nSPS) is 16.7. The number of hydrogen-bond donors (Lipinski definition) is 0. The Kier molecular flexibility index (Phi) is 5.01. The Morgan fingerprint density at radius 1 is 1.08 bits per heavy atom. The van der Waals surface area contributed by atoms with Crippen LogP contribution in [0.25, 0.3) is 0 Å². The molecule has 0 bridgehead atoms. The van der Waals surface area contributed by atoms with Crippen molar-refractivity contribution >= 4 is 15.5 Å². The number of pyridine rings is 1. The average molecular weight is 380 g/mol. The zero-order chi connectivity index (χ0) is 18.9. The Labute approximate surface area is 152 Å². The topological polar surface area (TPSA) is 50.3 Å². The molecule has 0 aliphatic carbocycles. The molecular weight excluding hydrogens is 358 g/mol. The fourth-order valence-electron chi connectivity index (χ4n) is 3.56. The van der Waals surface area contributed by atoms with Crippen LogP contribution in [-0.2, 0) is 9.84 Å². The van der Waals surface area contributed by atoms with Gasteiger partial charge in [-0.2, -0.15) is 0 Å². The second-order valence-corrected chi connectivity index (χ2v) is 9.72. The van der Waals surface area contributed by atoms with Crippen molar-refractivity contribution in [3.05, 3.63) is 54.4 Å². The van der Waals surface area contributed by atoms with E-state index in [4.69, 9.17) is 0 Å². The van der Waals surface area contributed by atoms with Gasteiger partial charge in [-0.05, 0) is 50.8 Å². The zero-order valence-corrected chi connectivity index (χ0v) is 15.6. The van der Waals surface area contributed by atoms with Crippen LogP contribution in [0.4, 0.5) is 14.5 Å². The van der Waals surface area contributed by atoms with E-state index in [1.807, 2.05) is 4.90 Å². The van der Waals surface area contributed by atoms with Crippen molar-refractivity contribution in [2.24, 2.45) is 5.92 Å². The first-order chi connectivity index (χ1) is 12.2. The van der Waals surface area contributed by atoms with Crippen molar-refractivity contribution in [3.63, 3.8) is 0 Å². The molecule has 0 radical (unpaired) electrons. The fraction of sp³-hybridized carbons (Fsp3) is 0.421. The highest BCUT2D eigenvalue weighted by Gasteiger charge is 2.43. The summed E-state index contributed by atoms with van der Waals surface area (Å²) < 4.78 is 52.0. The molecule has 0 N–H and O–H groups in total. The summed E-state index contributed by atoms with van der Waals surface area (Å²) in [5.41, 5.74) is 0.703. The maximum absolute atomic E-state index is 13.5. The lowest BCUT2D eigenvalue weighted by atomic mass is 9.85. The SMILES string of the molecule is CC(C)(C1CCN(c2cncc(F)c2)CC1)S(=O)(=O)c1cccc(F)c1. The van der Waals surface area contributed by atoms with Crippen molar-refractivity contribution in [3.8, 4) is 0 Å². The lowest BCUT2D eigenvalue weighted by Gasteiger charge is -2.40. The van der Waals surface area contributed by atoms with Crippen molar-refractivity contribution in [2.45, 2.75) is 36.3 Å². The van der Waals surface area contributed by atoms with Gasteiger partial charge in [-0.3, -0.25) is 4.98 Å². The lowest BCUT2D eigenvalue weighted by Crippen LogP contribution is -2.46. The Bertz CT molecular complexity index is 892. The molecule has 3 rings (SSSR count). The van der Waals surface area contributed by atoms with Gasteiger partial charge in [-0.25, -0.2) is 17.2 Å². The van der Waals surface area contributed by atoms with Gasteiger partial charge in [0.2, 0.25) is 0 Å². The molecular formula is C19H22F2N2O2S. The van der Waals surface area contributed by atoms with Gasteiger partial charge in [-0.15, -0.1) is 0 Å². The summed E-state index contributed by atoms with van der Waals surface area (Å²) in [6.07, 6.45) is 4.07. The molecule has 2 heterocycles. The van der Waals surface area contributed by atoms with Crippen LogP contribution >= 0.6 is 0 Å². The minimum absolute atomic E-state index is 0.0132. The quantitative estimate of drug-likeness (QED) is 0.809. The van der Waals surface area contributed by atoms with Gasteiger partial charge in [0.15, 0.2) is 9.84 Å². The lowest BCUT2D eigenvalue weighted by molar-refractivity contribution is 0.324. The van der Waals surface area contributed by atoms with E-state index in [2.05, 4.69) is 4.98 Å². The number of anilines is 1. The largest absolute Gasteiger partial charge is 0.370 e. The summed E-state index contributed by atoms with van der Waals surface area (Å²) in [5.74, 6) is -1.03. The molecule has 1 aromatic carbocycles. The summed E-state index contributed by atoms with van der Waals surface area (Å²) in [5, 5.41) is 0. The number of rotatable bonds is 4. The van der Waals surface area contributed by atoms with E-state index in [-0.39, 0.29) is 10.8 Å². The summed E-state index contributed by atoms with van der Waals surface area (Å²) in [6, 6.07) is 6.59. The number of hydrogen-bond acceptors (Lipinski definition) is 4. The number of nitrogens with zero attached hydrogens (tertiary/aromatic N) is 2.